The van der Waals surface area contributed by atoms with Crippen LogP contribution in [0, 0.1) is 0 Å². The Morgan fingerprint density at radius 1 is 1.04 bits per heavy atom. The molecule has 3 heterocycles. The zero-order valence-corrected chi connectivity index (χ0v) is 16.4. The Kier molecular flexibility index (Phi) is 4.80. The molecule has 146 valence electrons. The van der Waals surface area contributed by atoms with Gasteiger partial charge in [-0.1, -0.05) is 18.2 Å². The van der Waals surface area contributed by atoms with Crippen molar-refractivity contribution < 1.29 is 13.2 Å². The second kappa shape index (κ2) is 7.27. The highest BCUT2D eigenvalue weighted by molar-refractivity contribution is 7.90. The van der Waals surface area contributed by atoms with E-state index in [-0.39, 0.29) is 10.9 Å². The van der Waals surface area contributed by atoms with E-state index in [1.54, 1.807) is 24.4 Å². The van der Waals surface area contributed by atoms with Gasteiger partial charge in [0.2, 0.25) is 15.0 Å². The average molecular weight is 398 g/mol. The molecule has 1 saturated heterocycles. The van der Waals surface area contributed by atoms with E-state index < -0.39 is 15.7 Å². The van der Waals surface area contributed by atoms with Crippen LogP contribution in [0.2, 0.25) is 0 Å². The molecular formula is C20H22N4O3S. The van der Waals surface area contributed by atoms with E-state index in [1.165, 1.54) is 10.8 Å². The van der Waals surface area contributed by atoms with Gasteiger partial charge in [0.1, 0.15) is 0 Å². The van der Waals surface area contributed by atoms with Gasteiger partial charge in [-0.15, -0.1) is 0 Å². The molecule has 28 heavy (non-hydrogen) atoms. The number of sulfone groups is 1. The maximum atomic E-state index is 13.0. The van der Waals surface area contributed by atoms with Gasteiger partial charge in [-0.2, -0.15) is 0 Å². The van der Waals surface area contributed by atoms with Crippen LogP contribution in [0.3, 0.4) is 0 Å². The lowest BCUT2D eigenvalue weighted by Gasteiger charge is -2.30. The largest absolute Gasteiger partial charge is 0.370 e. The molecule has 1 N–H and O–H groups in total. The van der Waals surface area contributed by atoms with Crippen LogP contribution in [0.4, 0.5) is 11.4 Å². The summed E-state index contributed by atoms with van der Waals surface area (Å²) in [6.45, 7) is 1.91. The molecule has 1 aliphatic heterocycles. The van der Waals surface area contributed by atoms with Crippen LogP contribution in [0.1, 0.15) is 29.8 Å². The topological polar surface area (TPSA) is 83.8 Å². The number of hydrogen-bond donors (Lipinski definition) is 1. The number of fused-ring (bicyclic) bond motifs is 1. The van der Waals surface area contributed by atoms with Crippen molar-refractivity contribution in [1.29, 1.82) is 0 Å². The van der Waals surface area contributed by atoms with Gasteiger partial charge in [0.25, 0.3) is 5.91 Å². The second-order valence-corrected chi connectivity index (χ2v) is 8.90. The van der Waals surface area contributed by atoms with Crippen LogP contribution in [0.15, 0.2) is 53.8 Å². The molecule has 1 fully saturated rings. The van der Waals surface area contributed by atoms with Gasteiger partial charge in [-0.05, 0) is 43.5 Å². The van der Waals surface area contributed by atoms with Crippen LogP contribution >= 0.6 is 0 Å². The molecule has 1 aromatic carbocycles. The normalized spacial score (nSPS) is 15.0. The van der Waals surface area contributed by atoms with Crippen molar-refractivity contribution in [2.24, 2.45) is 0 Å². The lowest BCUT2D eigenvalue weighted by molar-refractivity contribution is 0.102. The van der Waals surface area contributed by atoms with Crippen LogP contribution < -0.4 is 10.2 Å². The Bertz CT molecular complexity index is 1130. The minimum atomic E-state index is -3.58. The number of rotatable bonds is 4. The number of hydrogen-bond acceptors (Lipinski definition) is 5. The Balaban J connectivity index is 1.71. The number of pyridine rings is 1. The number of aromatic nitrogens is 2. The Hall–Kier alpha value is -2.87. The second-order valence-electron chi connectivity index (χ2n) is 6.99. The summed E-state index contributed by atoms with van der Waals surface area (Å²) in [5.74, 6) is -0.428. The highest BCUT2D eigenvalue weighted by atomic mass is 32.2. The summed E-state index contributed by atoms with van der Waals surface area (Å²) in [4.78, 5) is 19.4. The molecule has 4 rings (SSSR count). The van der Waals surface area contributed by atoms with E-state index in [0.717, 1.165) is 37.9 Å². The third-order valence-corrected chi connectivity index (χ3v) is 5.86. The number of piperidine rings is 1. The highest BCUT2D eigenvalue weighted by Crippen LogP contribution is 2.29. The number of carbonyl (C=O) groups is 1. The molecular weight excluding hydrogens is 376 g/mol. The minimum absolute atomic E-state index is 0.0921. The first kappa shape index (κ1) is 18.5. The molecule has 0 unspecified atom stereocenters. The first-order valence-electron chi connectivity index (χ1n) is 9.27. The van der Waals surface area contributed by atoms with Gasteiger partial charge in [-0.3, -0.25) is 9.20 Å². The summed E-state index contributed by atoms with van der Waals surface area (Å²) < 4.78 is 25.6. The van der Waals surface area contributed by atoms with E-state index in [0.29, 0.717) is 11.2 Å². The molecule has 0 saturated carbocycles. The lowest BCUT2D eigenvalue weighted by atomic mass is 10.1. The number of benzene rings is 1. The van der Waals surface area contributed by atoms with Crippen LogP contribution in [-0.4, -0.2) is 43.1 Å². The lowest BCUT2D eigenvalue weighted by Crippen LogP contribution is -2.30. The molecule has 0 aliphatic carbocycles. The number of para-hydroxylation sites is 2. The number of nitrogens with one attached hydrogen (secondary N) is 1. The molecule has 2 aromatic heterocycles. The van der Waals surface area contributed by atoms with Crippen molar-refractivity contribution in [1.82, 2.24) is 9.38 Å². The van der Waals surface area contributed by atoms with Crippen molar-refractivity contribution >= 4 is 32.6 Å². The monoisotopic (exact) mass is 398 g/mol. The van der Waals surface area contributed by atoms with E-state index in [4.69, 9.17) is 0 Å². The molecule has 0 bridgehead atoms. The molecule has 0 spiro atoms. The van der Waals surface area contributed by atoms with E-state index in [2.05, 4.69) is 15.2 Å². The molecule has 7 nitrogen and oxygen atoms in total. The molecule has 3 aromatic rings. The van der Waals surface area contributed by atoms with E-state index >= 15 is 0 Å². The van der Waals surface area contributed by atoms with Gasteiger partial charge in [-0.25, -0.2) is 13.4 Å². The number of nitrogens with zero attached hydrogens (tertiary/aromatic N) is 3. The zero-order chi connectivity index (χ0) is 19.7. The van der Waals surface area contributed by atoms with Crippen molar-refractivity contribution in [2.45, 2.75) is 24.4 Å². The van der Waals surface area contributed by atoms with Crippen LogP contribution in [0.5, 0.6) is 0 Å². The predicted molar refractivity (Wildman–Crippen MR) is 109 cm³/mol. The Labute approximate surface area is 163 Å². The first-order chi connectivity index (χ1) is 13.4. The fourth-order valence-electron chi connectivity index (χ4n) is 3.61. The van der Waals surface area contributed by atoms with Gasteiger partial charge in [0, 0.05) is 25.5 Å². The van der Waals surface area contributed by atoms with Gasteiger partial charge >= 0.3 is 0 Å². The minimum Gasteiger partial charge on any atom is -0.370 e. The number of imidazole rings is 1. The SMILES string of the molecule is CS(=O)(=O)c1nc(C(=O)Nc2ccccc2N2CCCCC2)c2ccccn12. The standard InChI is InChI=1S/C20H22N4O3S/c1-28(26,27)20-22-18(17-11-5-8-14-24(17)20)19(25)21-15-9-3-4-10-16(15)23-12-6-2-7-13-23/h3-5,8-11,14H,2,6-7,12-13H2,1H3,(H,21,25). The summed E-state index contributed by atoms with van der Waals surface area (Å²) in [6, 6.07) is 12.8. The Morgan fingerprint density at radius 2 is 1.75 bits per heavy atom. The van der Waals surface area contributed by atoms with Crippen molar-refractivity contribution in [3.8, 4) is 0 Å². The molecule has 1 aliphatic rings. The average Bonchev–Trinajstić information content (AvgIpc) is 3.09. The third-order valence-electron chi connectivity index (χ3n) is 4.91. The van der Waals surface area contributed by atoms with Crippen LogP contribution in [-0.2, 0) is 9.84 Å². The molecule has 0 atom stereocenters. The summed E-state index contributed by atoms with van der Waals surface area (Å²) >= 11 is 0. The fraction of sp³-hybridized carbons (Fsp3) is 0.300. The van der Waals surface area contributed by atoms with Crippen LogP contribution in [0.25, 0.3) is 5.52 Å². The maximum Gasteiger partial charge on any atom is 0.276 e. The number of anilines is 2. The van der Waals surface area contributed by atoms with E-state index in [1.807, 2.05) is 24.3 Å². The first-order valence-corrected chi connectivity index (χ1v) is 11.2. The summed E-state index contributed by atoms with van der Waals surface area (Å²) in [5.41, 5.74) is 2.22. The number of amides is 1. The Morgan fingerprint density at radius 3 is 2.50 bits per heavy atom. The molecule has 0 radical (unpaired) electrons. The quantitative estimate of drug-likeness (QED) is 0.730. The molecule has 1 amide bonds. The summed E-state index contributed by atoms with van der Waals surface area (Å²) in [6.07, 6.45) is 6.16. The highest BCUT2D eigenvalue weighted by Gasteiger charge is 2.24. The summed E-state index contributed by atoms with van der Waals surface area (Å²) in [5, 5.41) is 2.79. The maximum absolute atomic E-state index is 13.0. The van der Waals surface area contributed by atoms with Crippen molar-refractivity contribution in [3.05, 3.63) is 54.4 Å². The zero-order valence-electron chi connectivity index (χ0n) is 15.6. The third kappa shape index (κ3) is 3.47. The predicted octanol–water partition coefficient (Wildman–Crippen LogP) is 2.98. The smallest absolute Gasteiger partial charge is 0.276 e. The van der Waals surface area contributed by atoms with Gasteiger partial charge in [0.15, 0.2) is 5.69 Å². The van der Waals surface area contributed by atoms with Gasteiger partial charge < -0.3 is 10.2 Å². The van der Waals surface area contributed by atoms with Crippen molar-refractivity contribution in [3.63, 3.8) is 0 Å². The number of carbonyl (C=O) groups excluding carboxylic acids is 1. The fourth-order valence-corrected chi connectivity index (χ4v) is 4.38. The van der Waals surface area contributed by atoms with Gasteiger partial charge in [0.05, 0.1) is 16.9 Å². The molecule has 8 heteroatoms. The van der Waals surface area contributed by atoms with E-state index in [9.17, 15) is 13.2 Å². The van der Waals surface area contributed by atoms with Crippen molar-refractivity contribution in [2.75, 3.05) is 29.6 Å². The summed E-state index contributed by atoms with van der Waals surface area (Å²) in [7, 11) is -3.58.